The number of alkyl halides is 1. The van der Waals surface area contributed by atoms with Crippen molar-refractivity contribution in [1.82, 2.24) is 5.32 Å². The average molecular weight is 391 g/mol. The molecule has 0 aromatic heterocycles. The molecule has 0 saturated heterocycles. The fourth-order valence-corrected chi connectivity index (χ4v) is 4.76. The molecule has 3 aliphatic carbocycles. The molecule has 27 heavy (non-hydrogen) atoms. The lowest BCUT2D eigenvalue weighted by Crippen LogP contribution is -2.45. The number of benzene rings is 1. The van der Waals surface area contributed by atoms with Crippen LogP contribution in [0.4, 0.5) is 0 Å². The molecule has 4 rings (SSSR count). The summed E-state index contributed by atoms with van der Waals surface area (Å²) in [6, 6.07) is 8.23. The van der Waals surface area contributed by atoms with E-state index >= 15 is 0 Å². The van der Waals surface area contributed by atoms with Crippen LogP contribution >= 0.6 is 11.6 Å². The minimum absolute atomic E-state index is 0.00432. The van der Waals surface area contributed by atoms with Gasteiger partial charge >= 0.3 is 0 Å². The van der Waals surface area contributed by atoms with Gasteiger partial charge in [-0.3, -0.25) is 9.79 Å². The molecular weight excluding hydrogens is 360 g/mol. The van der Waals surface area contributed by atoms with Crippen molar-refractivity contribution in [3.05, 3.63) is 35.4 Å². The van der Waals surface area contributed by atoms with Crippen LogP contribution in [-0.4, -0.2) is 29.8 Å². The maximum Gasteiger partial charge on any atom is 0.251 e. The van der Waals surface area contributed by atoms with E-state index in [0.717, 1.165) is 44.1 Å². The Morgan fingerprint density at radius 1 is 1.00 bits per heavy atom. The highest BCUT2D eigenvalue weighted by molar-refractivity contribution is 6.24. The number of nitrogens with two attached hydrogens (primary N) is 2. The number of nitrogens with one attached hydrogen (secondary N) is 1. The van der Waals surface area contributed by atoms with Gasteiger partial charge in [0.2, 0.25) is 0 Å². The number of hydrogen-bond acceptors (Lipinski definition) is 2. The number of guanidine groups is 1. The van der Waals surface area contributed by atoms with Crippen molar-refractivity contribution in [3.63, 3.8) is 0 Å². The molecule has 0 radical (unpaired) electrons. The van der Waals surface area contributed by atoms with Crippen LogP contribution in [0.2, 0.25) is 0 Å². The zero-order chi connectivity index (χ0) is 19.3. The van der Waals surface area contributed by atoms with Gasteiger partial charge in [0.1, 0.15) is 0 Å². The van der Waals surface area contributed by atoms with Gasteiger partial charge in [-0.2, -0.15) is 0 Å². The normalized spacial score (nSPS) is 26.6. The zero-order valence-electron chi connectivity index (χ0n) is 16.0. The van der Waals surface area contributed by atoms with E-state index in [2.05, 4.69) is 22.4 Å². The summed E-state index contributed by atoms with van der Waals surface area (Å²) in [7, 11) is 0. The molecule has 0 spiro atoms. The van der Waals surface area contributed by atoms with E-state index in [1.54, 1.807) is 0 Å². The van der Waals surface area contributed by atoms with Gasteiger partial charge in [-0.25, -0.2) is 0 Å². The summed E-state index contributed by atoms with van der Waals surface area (Å²) in [6.45, 7) is 1.31. The van der Waals surface area contributed by atoms with Crippen LogP contribution in [0.5, 0.6) is 0 Å². The molecule has 1 amide bonds. The molecule has 5 nitrogen and oxygen atoms in total. The maximum atomic E-state index is 12.3. The van der Waals surface area contributed by atoms with Gasteiger partial charge in [0.15, 0.2) is 5.96 Å². The fraction of sp³-hybridized carbons (Fsp3) is 0.619. The first kappa shape index (κ1) is 20.0. The predicted octanol–water partition coefficient (Wildman–Crippen LogP) is 3.44. The number of fused-ring (bicyclic) bond motifs is 3. The Labute approximate surface area is 166 Å². The summed E-state index contributed by atoms with van der Waals surface area (Å²) in [5.41, 5.74) is 13.0. The van der Waals surface area contributed by atoms with Gasteiger partial charge in [0.25, 0.3) is 5.91 Å². The van der Waals surface area contributed by atoms with E-state index in [1.807, 2.05) is 12.1 Å². The number of hydrogen-bond donors (Lipinski definition) is 3. The van der Waals surface area contributed by atoms with Crippen molar-refractivity contribution in [1.29, 1.82) is 0 Å². The molecule has 148 valence electrons. The Hall–Kier alpha value is -1.75. The quantitative estimate of drug-likeness (QED) is 0.274. The monoisotopic (exact) mass is 390 g/mol. The first-order valence-electron chi connectivity index (χ1n) is 10.1. The van der Waals surface area contributed by atoms with Crippen LogP contribution in [0.1, 0.15) is 73.7 Å². The highest BCUT2D eigenvalue weighted by atomic mass is 35.5. The number of carbonyl (C=O) groups excluding carboxylic acids is 1. The number of aliphatic imine (C=N–C) groups is 1. The van der Waals surface area contributed by atoms with Gasteiger partial charge in [0, 0.05) is 23.5 Å². The van der Waals surface area contributed by atoms with E-state index in [0.29, 0.717) is 13.1 Å². The van der Waals surface area contributed by atoms with Crippen LogP contribution in [0.25, 0.3) is 0 Å². The smallest absolute Gasteiger partial charge is 0.251 e. The van der Waals surface area contributed by atoms with Crippen LogP contribution in [0.3, 0.4) is 0 Å². The van der Waals surface area contributed by atoms with Crippen molar-refractivity contribution >= 4 is 23.5 Å². The Balaban J connectivity index is 1.45. The molecular formula is C21H31ClN4O. The summed E-state index contributed by atoms with van der Waals surface area (Å²) in [6.07, 6.45) is 9.67. The Morgan fingerprint density at radius 2 is 1.63 bits per heavy atom. The van der Waals surface area contributed by atoms with Gasteiger partial charge in [-0.1, -0.05) is 12.1 Å². The van der Waals surface area contributed by atoms with Crippen molar-refractivity contribution < 1.29 is 4.79 Å². The Morgan fingerprint density at radius 3 is 2.22 bits per heavy atom. The molecule has 3 saturated carbocycles. The topological polar surface area (TPSA) is 93.5 Å². The van der Waals surface area contributed by atoms with Crippen LogP contribution < -0.4 is 16.8 Å². The predicted molar refractivity (Wildman–Crippen MR) is 111 cm³/mol. The Kier molecular flexibility index (Phi) is 6.30. The van der Waals surface area contributed by atoms with Gasteiger partial charge in [-0.05, 0) is 80.9 Å². The number of halogens is 1. The van der Waals surface area contributed by atoms with Crippen LogP contribution in [0, 0.1) is 0 Å². The molecule has 0 atom stereocenters. The van der Waals surface area contributed by atoms with E-state index < -0.39 is 0 Å². The van der Waals surface area contributed by atoms with Crippen LogP contribution in [0.15, 0.2) is 29.3 Å². The summed E-state index contributed by atoms with van der Waals surface area (Å²) in [4.78, 5) is 16.3. The second kappa shape index (κ2) is 8.51. The molecule has 1 aromatic rings. The fourth-order valence-electron chi connectivity index (χ4n) is 4.47. The second-order valence-corrected chi connectivity index (χ2v) is 8.93. The number of nitrogens with zero attached hydrogens (tertiary/aromatic N) is 1. The molecule has 1 aromatic carbocycles. The molecule has 3 aliphatic rings. The molecule has 2 bridgehead atoms. The van der Waals surface area contributed by atoms with E-state index in [4.69, 9.17) is 23.1 Å². The summed E-state index contributed by atoms with van der Waals surface area (Å²) < 4.78 is 0. The van der Waals surface area contributed by atoms with Gasteiger partial charge in [-0.15, -0.1) is 11.6 Å². The second-order valence-electron chi connectivity index (χ2n) is 8.13. The molecule has 5 N–H and O–H groups in total. The minimum atomic E-state index is -0.00432. The largest absolute Gasteiger partial charge is 0.370 e. The molecule has 0 aliphatic heterocycles. The van der Waals surface area contributed by atoms with Gasteiger partial charge < -0.3 is 16.8 Å². The SMILES string of the molecule is NC(N)=NCCCCCNC(=O)c1ccc(C23CCC(Cl)(CC2)CC3)cc1. The molecule has 0 heterocycles. The van der Waals surface area contributed by atoms with E-state index in [9.17, 15) is 4.79 Å². The third-order valence-corrected chi connectivity index (χ3v) is 6.90. The van der Waals surface area contributed by atoms with Crippen molar-refractivity contribution in [3.8, 4) is 0 Å². The first-order valence-corrected chi connectivity index (χ1v) is 10.4. The number of rotatable bonds is 8. The number of carbonyl (C=O) groups is 1. The maximum absolute atomic E-state index is 12.3. The molecule has 6 heteroatoms. The number of unbranched alkanes of at least 4 members (excludes halogenated alkanes) is 2. The lowest BCUT2D eigenvalue weighted by atomic mass is 9.57. The van der Waals surface area contributed by atoms with Gasteiger partial charge in [0.05, 0.1) is 0 Å². The summed E-state index contributed by atoms with van der Waals surface area (Å²) in [5.74, 6) is 0.130. The third kappa shape index (κ3) is 4.95. The zero-order valence-corrected chi connectivity index (χ0v) is 16.7. The van der Waals surface area contributed by atoms with E-state index in [1.165, 1.54) is 24.8 Å². The van der Waals surface area contributed by atoms with Crippen molar-refractivity contribution in [2.75, 3.05) is 13.1 Å². The number of amides is 1. The highest BCUT2D eigenvalue weighted by Crippen LogP contribution is 2.56. The molecule has 3 fully saturated rings. The average Bonchev–Trinajstić information content (AvgIpc) is 2.68. The lowest BCUT2D eigenvalue weighted by Gasteiger charge is -2.51. The highest BCUT2D eigenvalue weighted by Gasteiger charge is 2.48. The standard InChI is InChI=1S/C21H31ClN4O/c22-21-11-8-20(9-12-21,10-13-21)17-6-4-16(5-7-17)18(27)25-14-2-1-3-15-26-19(23)24/h4-7H,1-3,8-15H2,(H,25,27)(H4,23,24,26). The summed E-state index contributed by atoms with van der Waals surface area (Å²) >= 11 is 6.65. The van der Waals surface area contributed by atoms with Crippen molar-refractivity contribution in [2.24, 2.45) is 16.5 Å². The lowest BCUT2D eigenvalue weighted by molar-refractivity contribution is 0.0953. The van der Waals surface area contributed by atoms with E-state index in [-0.39, 0.29) is 22.2 Å². The van der Waals surface area contributed by atoms with Crippen LogP contribution in [-0.2, 0) is 5.41 Å². The minimum Gasteiger partial charge on any atom is -0.370 e. The summed E-state index contributed by atoms with van der Waals surface area (Å²) in [5, 5.41) is 2.99. The Bertz CT molecular complexity index is 657. The van der Waals surface area contributed by atoms with Crippen molar-refractivity contribution in [2.45, 2.75) is 68.1 Å². The first-order chi connectivity index (χ1) is 12.9. The molecule has 0 unspecified atom stereocenters. The third-order valence-electron chi connectivity index (χ3n) is 6.33.